The minimum Gasteiger partial charge on any atom is -0.331 e. The number of urea groups is 1. The van der Waals surface area contributed by atoms with Gasteiger partial charge in [-0.3, -0.25) is 0 Å². The molecule has 0 bridgehead atoms. The summed E-state index contributed by atoms with van der Waals surface area (Å²) in [5, 5.41) is 4.87. The Kier molecular flexibility index (Phi) is 5.18. The number of nitrogens with one attached hydrogen (secondary N) is 2. The maximum Gasteiger partial charge on any atom is 0.319 e. The van der Waals surface area contributed by atoms with Gasteiger partial charge in [0.25, 0.3) is 0 Å². The lowest BCUT2D eigenvalue weighted by molar-refractivity contribution is 0.249. The molecular weight excluding hydrogens is 338 g/mol. The maximum absolute atomic E-state index is 13.5. The Balaban J connectivity index is 2.03. The quantitative estimate of drug-likeness (QED) is 0.885. The molecule has 0 aliphatic heterocycles. The third-order valence-electron chi connectivity index (χ3n) is 3.34. The third-order valence-corrected chi connectivity index (χ3v) is 4.46. The molecular formula is C16H16F2N2O3S. The van der Waals surface area contributed by atoms with E-state index in [2.05, 4.69) is 10.6 Å². The highest BCUT2D eigenvalue weighted by molar-refractivity contribution is 7.90. The summed E-state index contributed by atoms with van der Waals surface area (Å²) in [4.78, 5) is 12.1. The molecule has 0 saturated heterocycles. The smallest absolute Gasteiger partial charge is 0.319 e. The Morgan fingerprint density at radius 1 is 1.08 bits per heavy atom. The van der Waals surface area contributed by atoms with Crippen LogP contribution in [0.1, 0.15) is 18.5 Å². The molecule has 2 aromatic carbocycles. The molecule has 2 amide bonds. The molecule has 128 valence electrons. The molecule has 2 N–H and O–H groups in total. The van der Waals surface area contributed by atoms with Crippen LogP contribution in [0.15, 0.2) is 47.4 Å². The zero-order chi connectivity index (χ0) is 17.9. The van der Waals surface area contributed by atoms with Crippen molar-refractivity contribution in [1.82, 2.24) is 5.32 Å². The van der Waals surface area contributed by atoms with Gasteiger partial charge >= 0.3 is 6.03 Å². The summed E-state index contributed by atoms with van der Waals surface area (Å²) in [5.41, 5.74) is 0.533. The highest BCUT2D eigenvalue weighted by Crippen LogP contribution is 2.18. The number of hydrogen-bond donors (Lipinski definition) is 2. The van der Waals surface area contributed by atoms with Crippen molar-refractivity contribution < 1.29 is 22.0 Å². The van der Waals surface area contributed by atoms with Crippen LogP contribution in [-0.4, -0.2) is 20.7 Å². The van der Waals surface area contributed by atoms with Crippen LogP contribution in [0.3, 0.4) is 0 Å². The Labute approximate surface area is 138 Å². The largest absolute Gasteiger partial charge is 0.331 e. The van der Waals surface area contributed by atoms with E-state index >= 15 is 0 Å². The number of benzene rings is 2. The Bertz CT molecular complexity index is 852. The maximum atomic E-state index is 13.5. The minimum atomic E-state index is -3.29. The fourth-order valence-corrected chi connectivity index (χ4v) is 2.66. The molecule has 24 heavy (non-hydrogen) atoms. The van der Waals surface area contributed by atoms with E-state index in [1.807, 2.05) is 0 Å². The SMILES string of the molecule is CC(NC(=O)Nc1ccc(F)cc1F)c1ccc(S(C)(=O)=O)cc1. The van der Waals surface area contributed by atoms with Crippen LogP contribution in [0.5, 0.6) is 0 Å². The average molecular weight is 354 g/mol. The topological polar surface area (TPSA) is 75.3 Å². The summed E-state index contributed by atoms with van der Waals surface area (Å²) >= 11 is 0. The Morgan fingerprint density at radius 2 is 1.71 bits per heavy atom. The molecule has 2 aromatic rings. The van der Waals surface area contributed by atoms with E-state index in [1.165, 1.54) is 12.1 Å². The van der Waals surface area contributed by atoms with Crippen molar-refractivity contribution >= 4 is 21.6 Å². The predicted molar refractivity (Wildman–Crippen MR) is 86.5 cm³/mol. The van der Waals surface area contributed by atoms with Gasteiger partial charge < -0.3 is 10.6 Å². The van der Waals surface area contributed by atoms with Crippen LogP contribution in [-0.2, 0) is 9.84 Å². The minimum absolute atomic E-state index is 0.145. The number of carbonyl (C=O) groups excluding carboxylic acids is 1. The average Bonchev–Trinajstić information content (AvgIpc) is 2.49. The second kappa shape index (κ2) is 6.96. The van der Waals surface area contributed by atoms with Gasteiger partial charge in [-0.2, -0.15) is 0 Å². The van der Waals surface area contributed by atoms with Crippen molar-refractivity contribution in [2.75, 3.05) is 11.6 Å². The number of halogens is 2. The van der Waals surface area contributed by atoms with Crippen LogP contribution < -0.4 is 10.6 Å². The van der Waals surface area contributed by atoms with Gasteiger partial charge in [-0.05, 0) is 36.8 Å². The summed E-state index contributed by atoms with van der Waals surface area (Å²) in [7, 11) is -3.29. The number of anilines is 1. The van der Waals surface area contributed by atoms with E-state index in [4.69, 9.17) is 0 Å². The van der Waals surface area contributed by atoms with Gasteiger partial charge in [0, 0.05) is 12.3 Å². The second-order valence-corrected chi connectivity index (χ2v) is 7.30. The molecule has 0 aliphatic carbocycles. The van der Waals surface area contributed by atoms with E-state index < -0.39 is 33.5 Å². The summed E-state index contributed by atoms with van der Waals surface area (Å²) in [5.74, 6) is -1.62. The van der Waals surface area contributed by atoms with Crippen LogP contribution in [0.2, 0.25) is 0 Å². The van der Waals surface area contributed by atoms with Crippen molar-refractivity contribution in [3.8, 4) is 0 Å². The van der Waals surface area contributed by atoms with Crippen molar-refractivity contribution in [2.24, 2.45) is 0 Å². The molecule has 0 fully saturated rings. The summed E-state index contributed by atoms with van der Waals surface area (Å²) < 4.78 is 49.1. The molecule has 8 heteroatoms. The first-order chi connectivity index (χ1) is 11.2. The van der Waals surface area contributed by atoms with E-state index in [0.717, 1.165) is 18.4 Å². The normalized spacial score (nSPS) is 12.5. The highest BCUT2D eigenvalue weighted by atomic mass is 32.2. The summed E-state index contributed by atoms with van der Waals surface area (Å²) in [6.45, 7) is 1.69. The predicted octanol–water partition coefficient (Wildman–Crippen LogP) is 3.25. The van der Waals surface area contributed by atoms with Gasteiger partial charge in [0.1, 0.15) is 11.6 Å². The lowest BCUT2D eigenvalue weighted by Crippen LogP contribution is -2.31. The summed E-state index contributed by atoms with van der Waals surface area (Å²) in [6.07, 6.45) is 1.11. The van der Waals surface area contributed by atoms with Gasteiger partial charge in [0.05, 0.1) is 16.6 Å². The first-order valence-electron chi connectivity index (χ1n) is 6.99. The van der Waals surface area contributed by atoms with Gasteiger partial charge in [0.2, 0.25) is 0 Å². The van der Waals surface area contributed by atoms with Gasteiger partial charge in [-0.25, -0.2) is 22.0 Å². The van der Waals surface area contributed by atoms with Crippen LogP contribution >= 0.6 is 0 Å². The molecule has 1 unspecified atom stereocenters. The molecule has 0 aliphatic rings. The van der Waals surface area contributed by atoms with E-state index in [-0.39, 0.29) is 10.6 Å². The first-order valence-corrected chi connectivity index (χ1v) is 8.88. The Morgan fingerprint density at radius 3 is 2.25 bits per heavy atom. The number of carbonyl (C=O) groups is 1. The molecule has 0 spiro atoms. The number of hydrogen-bond acceptors (Lipinski definition) is 3. The standard InChI is InChI=1S/C16H16F2N2O3S/c1-10(11-3-6-13(7-4-11)24(2,22)23)19-16(21)20-15-8-5-12(17)9-14(15)18/h3-10H,1-2H3,(H2,19,20,21). The first kappa shape index (κ1) is 17.9. The lowest BCUT2D eigenvalue weighted by atomic mass is 10.1. The monoisotopic (exact) mass is 354 g/mol. The van der Waals surface area contributed by atoms with Gasteiger partial charge in [0.15, 0.2) is 9.84 Å². The Hall–Kier alpha value is -2.48. The summed E-state index contributed by atoms with van der Waals surface area (Å²) in [6, 6.07) is 7.77. The lowest BCUT2D eigenvalue weighted by Gasteiger charge is -2.15. The highest BCUT2D eigenvalue weighted by Gasteiger charge is 2.13. The fourth-order valence-electron chi connectivity index (χ4n) is 2.03. The number of sulfone groups is 1. The number of rotatable bonds is 4. The van der Waals surface area contributed by atoms with Crippen LogP contribution in [0.4, 0.5) is 19.3 Å². The zero-order valence-corrected chi connectivity index (χ0v) is 13.8. The van der Waals surface area contributed by atoms with Crippen molar-refractivity contribution in [3.05, 3.63) is 59.7 Å². The molecule has 0 heterocycles. The van der Waals surface area contributed by atoms with Crippen molar-refractivity contribution in [1.29, 1.82) is 0 Å². The molecule has 0 aromatic heterocycles. The van der Waals surface area contributed by atoms with E-state index in [9.17, 15) is 22.0 Å². The zero-order valence-electron chi connectivity index (χ0n) is 13.0. The molecule has 0 radical (unpaired) electrons. The second-order valence-electron chi connectivity index (χ2n) is 5.29. The van der Waals surface area contributed by atoms with Crippen LogP contribution in [0, 0.1) is 11.6 Å². The molecule has 1 atom stereocenters. The molecule has 5 nitrogen and oxygen atoms in total. The third kappa shape index (κ3) is 4.51. The van der Waals surface area contributed by atoms with Crippen molar-refractivity contribution in [2.45, 2.75) is 17.9 Å². The number of amides is 2. The van der Waals surface area contributed by atoms with E-state index in [0.29, 0.717) is 11.6 Å². The fraction of sp³-hybridized carbons (Fsp3) is 0.188. The van der Waals surface area contributed by atoms with Gasteiger partial charge in [-0.1, -0.05) is 12.1 Å². The molecule has 2 rings (SSSR count). The molecule has 0 saturated carbocycles. The van der Waals surface area contributed by atoms with Crippen LogP contribution in [0.25, 0.3) is 0 Å². The van der Waals surface area contributed by atoms with E-state index in [1.54, 1.807) is 19.1 Å². The van der Waals surface area contributed by atoms with Crippen molar-refractivity contribution in [3.63, 3.8) is 0 Å². The van der Waals surface area contributed by atoms with Gasteiger partial charge in [-0.15, -0.1) is 0 Å².